The summed E-state index contributed by atoms with van der Waals surface area (Å²) >= 11 is 0. The van der Waals surface area contributed by atoms with Gasteiger partial charge in [-0.3, -0.25) is 19.2 Å². The molecule has 7 rings (SSSR count). The summed E-state index contributed by atoms with van der Waals surface area (Å²) < 4.78 is 19.5. The van der Waals surface area contributed by atoms with Gasteiger partial charge >= 0.3 is 0 Å². The zero-order chi connectivity index (χ0) is 33.2. The summed E-state index contributed by atoms with van der Waals surface area (Å²) in [5.74, 6) is -1.70. The van der Waals surface area contributed by atoms with Crippen molar-refractivity contribution < 1.29 is 23.2 Å². The molecule has 48 heavy (non-hydrogen) atoms. The lowest BCUT2D eigenvalue weighted by atomic mass is 10.0. The number of hydrogen-bond donors (Lipinski definition) is 1. The van der Waals surface area contributed by atoms with E-state index in [9.17, 15) is 23.6 Å². The van der Waals surface area contributed by atoms with E-state index in [1.165, 1.54) is 6.07 Å². The third kappa shape index (κ3) is 6.51. The van der Waals surface area contributed by atoms with Crippen LogP contribution in [0.5, 0.6) is 0 Å². The lowest BCUT2D eigenvalue weighted by Gasteiger charge is -2.38. The van der Waals surface area contributed by atoms with Crippen LogP contribution in [-0.4, -0.2) is 66.3 Å². The lowest BCUT2D eigenvalue weighted by Crippen LogP contribution is -2.55. The molecule has 2 aliphatic rings. The molecule has 0 bridgehead atoms. The Kier molecular flexibility index (Phi) is 8.63. The van der Waals surface area contributed by atoms with Crippen LogP contribution in [0, 0.1) is 5.82 Å². The maximum Gasteiger partial charge on any atom is 0.287 e. The zero-order valence-corrected chi connectivity index (χ0v) is 26.4. The van der Waals surface area contributed by atoms with Gasteiger partial charge in [0.1, 0.15) is 17.4 Å². The summed E-state index contributed by atoms with van der Waals surface area (Å²) in [6.07, 6.45) is 1.68. The molecule has 3 heterocycles. The first-order chi connectivity index (χ1) is 23.3. The van der Waals surface area contributed by atoms with E-state index >= 15 is 0 Å². The molecule has 0 unspecified atom stereocenters. The molecule has 0 spiro atoms. The molecule has 4 aromatic carbocycles. The van der Waals surface area contributed by atoms with E-state index < -0.39 is 23.2 Å². The molecule has 10 heteroatoms. The Morgan fingerprint density at radius 3 is 2.40 bits per heavy atom. The van der Waals surface area contributed by atoms with Gasteiger partial charge in [0.05, 0.1) is 5.39 Å². The van der Waals surface area contributed by atoms with Crippen LogP contribution in [0.2, 0.25) is 0 Å². The van der Waals surface area contributed by atoms with Gasteiger partial charge in [-0.15, -0.1) is 0 Å². The van der Waals surface area contributed by atoms with E-state index in [4.69, 9.17) is 4.42 Å². The van der Waals surface area contributed by atoms with E-state index in [2.05, 4.69) is 16.3 Å². The summed E-state index contributed by atoms with van der Waals surface area (Å²) in [6, 6.07) is 25.5. The minimum absolute atomic E-state index is 0.0458. The van der Waals surface area contributed by atoms with Gasteiger partial charge in [0, 0.05) is 69.9 Å². The minimum atomic E-state index is -0.952. The molecule has 1 aromatic heterocycles. The number of para-hydroxylation sites is 1. The molecule has 0 saturated carbocycles. The summed E-state index contributed by atoms with van der Waals surface area (Å²) in [5, 5.41) is 5.05. The molecule has 0 radical (unpaired) electrons. The first kappa shape index (κ1) is 31.1. The Bertz CT molecular complexity index is 2090. The molecule has 3 amide bonds. The number of nitrogens with zero attached hydrogens (tertiary/aromatic N) is 3. The molecule has 244 valence electrons. The van der Waals surface area contributed by atoms with Crippen LogP contribution in [-0.2, 0) is 22.6 Å². The van der Waals surface area contributed by atoms with Crippen molar-refractivity contribution >= 4 is 45.2 Å². The molecule has 5 aromatic rings. The molecular formula is C38H35FN4O5. The van der Waals surface area contributed by atoms with E-state index in [1.807, 2.05) is 65.6 Å². The average molecular weight is 647 g/mol. The average Bonchev–Trinajstić information content (AvgIpc) is 3.51. The van der Waals surface area contributed by atoms with Crippen molar-refractivity contribution in [3.05, 3.63) is 124 Å². The number of fused-ring (bicyclic) bond motifs is 2. The van der Waals surface area contributed by atoms with Crippen molar-refractivity contribution in [2.24, 2.45) is 0 Å². The van der Waals surface area contributed by atoms with E-state index in [0.717, 1.165) is 58.8 Å². The van der Waals surface area contributed by atoms with E-state index in [0.29, 0.717) is 39.1 Å². The van der Waals surface area contributed by atoms with Crippen molar-refractivity contribution in [1.29, 1.82) is 0 Å². The van der Waals surface area contributed by atoms with E-state index in [-0.39, 0.29) is 35.0 Å². The molecule has 1 N–H and O–H groups in total. The second kappa shape index (κ2) is 13.3. The molecule has 2 aliphatic heterocycles. The first-order valence-electron chi connectivity index (χ1n) is 16.2. The van der Waals surface area contributed by atoms with Gasteiger partial charge in [0.25, 0.3) is 5.91 Å². The van der Waals surface area contributed by atoms with Crippen LogP contribution in [0.3, 0.4) is 0 Å². The monoisotopic (exact) mass is 646 g/mol. The second-order valence-corrected chi connectivity index (χ2v) is 12.4. The first-order valence-corrected chi connectivity index (χ1v) is 16.2. The topological polar surface area (TPSA) is 103 Å². The predicted molar refractivity (Wildman–Crippen MR) is 181 cm³/mol. The van der Waals surface area contributed by atoms with Crippen LogP contribution < -0.4 is 15.6 Å². The van der Waals surface area contributed by atoms with Crippen LogP contribution >= 0.6 is 0 Å². The van der Waals surface area contributed by atoms with Gasteiger partial charge in [0.2, 0.25) is 11.8 Å². The summed E-state index contributed by atoms with van der Waals surface area (Å²) in [7, 11) is 0. The largest absolute Gasteiger partial charge is 0.451 e. The number of benzene rings is 4. The molecule has 0 aliphatic carbocycles. The number of carbonyl (C=O) groups is 3. The van der Waals surface area contributed by atoms with Crippen molar-refractivity contribution in [2.45, 2.75) is 31.8 Å². The van der Waals surface area contributed by atoms with Crippen LogP contribution in [0.1, 0.15) is 34.5 Å². The molecule has 2 saturated heterocycles. The molecule has 9 nitrogen and oxygen atoms in total. The van der Waals surface area contributed by atoms with Gasteiger partial charge in [-0.2, -0.15) is 0 Å². The Labute approximate surface area is 276 Å². The van der Waals surface area contributed by atoms with Crippen molar-refractivity contribution in [2.75, 3.05) is 37.6 Å². The highest BCUT2D eigenvalue weighted by Crippen LogP contribution is 2.26. The normalized spacial score (nSPS) is 15.7. The van der Waals surface area contributed by atoms with Crippen LogP contribution in [0.15, 0.2) is 100 Å². The van der Waals surface area contributed by atoms with Crippen LogP contribution in [0.4, 0.5) is 10.1 Å². The van der Waals surface area contributed by atoms with E-state index in [1.54, 1.807) is 4.90 Å². The standard InChI is InChI=1S/C38H35FN4O5/c39-29-13-14-30-33(44)23-35(48-34(30)22-29)37(46)40-31(21-25-11-12-26-6-1-2-7-27(26)20-25)38(47)42-18-16-41(17-19-42)32-9-4-3-8-28(32)24-43-15-5-10-36(43)45/h1-4,6-9,11-14,20,22-23,31H,5,10,15-19,21,24H2,(H,40,46)/t31-/m1/s1. The number of anilines is 1. The third-order valence-electron chi connectivity index (χ3n) is 9.23. The summed E-state index contributed by atoms with van der Waals surface area (Å²) in [4.78, 5) is 58.6. The maximum absolute atomic E-state index is 14.1. The van der Waals surface area contributed by atoms with Gasteiger partial charge in [-0.1, -0.05) is 60.7 Å². The summed E-state index contributed by atoms with van der Waals surface area (Å²) in [5.41, 5.74) is 2.46. The molecular weight excluding hydrogens is 611 g/mol. The lowest BCUT2D eigenvalue weighted by molar-refractivity contribution is -0.133. The number of hydrogen-bond acceptors (Lipinski definition) is 6. The number of rotatable bonds is 8. The SMILES string of the molecule is O=C(N[C@H](Cc1ccc2ccccc2c1)C(=O)N1CCN(c2ccccc2CN2CCCC2=O)CC1)c1cc(=O)c2ccc(F)cc2o1. The van der Waals surface area contributed by atoms with Crippen LogP contribution in [0.25, 0.3) is 21.7 Å². The molecule has 2 fully saturated rings. The number of likely N-dealkylation sites (tertiary alicyclic amines) is 1. The Morgan fingerprint density at radius 1 is 0.833 bits per heavy atom. The number of piperazine rings is 1. The van der Waals surface area contributed by atoms with Crippen molar-refractivity contribution in [3.63, 3.8) is 0 Å². The highest BCUT2D eigenvalue weighted by atomic mass is 19.1. The Balaban J connectivity index is 1.11. The quantitative estimate of drug-likeness (QED) is 0.258. The van der Waals surface area contributed by atoms with Gasteiger partial charge in [-0.05, 0) is 46.5 Å². The zero-order valence-electron chi connectivity index (χ0n) is 26.4. The minimum Gasteiger partial charge on any atom is -0.451 e. The number of nitrogens with one attached hydrogen (secondary N) is 1. The fourth-order valence-corrected chi connectivity index (χ4v) is 6.69. The highest BCUT2D eigenvalue weighted by Gasteiger charge is 2.31. The smallest absolute Gasteiger partial charge is 0.287 e. The highest BCUT2D eigenvalue weighted by molar-refractivity contribution is 5.97. The second-order valence-electron chi connectivity index (χ2n) is 12.4. The van der Waals surface area contributed by atoms with Crippen molar-refractivity contribution in [1.82, 2.24) is 15.1 Å². The number of amides is 3. The Morgan fingerprint density at radius 2 is 1.60 bits per heavy atom. The fourth-order valence-electron chi connectivity index (χ4n) is 6.69. The fraction of sp³-hybridized carbons (Fsp3) is 0.263. The van der Waals surface area contributed by atoms with Gasteiger partial charge < -0.3 is 24.4 Å². The van der Waals surface area contributed by atoms with Gasteiger partial charge in [-0.25, -0.2) is 4.39 Å². The maximum atomic E-state index is 14.1. The molecule has 1 atom stereocenters. The summed E-state index contributed by atoms with van der Waals surface area (Å²) in [6.45, 7) is 3.36. The number of halogens is 1. The number of carbonyl (C=O) groups excluding carboxylic acids is 3. The van der Waals surface area contributed by atoms with Gasteiger partial charge in [0.15, 0.2) is 11.2 Å². The Hall–Kier alpha value is -5.51. The predicted octanol–water partition coefficient (Wildman–Crippen LogP) is 4.90. The third-order valence-corrected chi connectivity index (χ3v) is 9.23. The van der Waals surface area contributed by atoms with Crippen molar-refractivity contribution in [3.8, 4) is 0 Å².